The zero-order valence-electron chi connectivity index (χ0n) is 11.0. The highest BCUT2D eigenvalue weighted by Crippen LogP contribution is 2.26. The standard InChI is InChI=1S/C14H16BrNO3S/c1-9(17)20-5-4-13(18)14(19)12-6-10(8-16)2-3-11(12)7-15/h2-3,6,13-14,18-19H,4-5,7H2,1H3. The topological polar surface area (TPSA) is 81.3 Å². The van der Waals surface area contributed by atoms with Gasteiger partial charge < -0.3 is 10.2 Å². The van der Waals surface area contributed by atoms with Crippen LogP contribution in [-0.2, 0) is 10.1 Å². The van der Waals surface area contributed by atoms with Crippen molar-refractivity contribution in [3.05, 3.63) is 34.9 Å². The molecule has 2 atom stereocenters. The molecule has 0 saturated heterocycles. The maximum absolute atomic E-state index is 10.8. The number of carbonyl (C=O) groups is 1. The number of hydrogen-bond donors (Lipinski definition) is 2. The Bertz CT molecular complexity index is 516. The Morgan fingerprint density at radius 1 is 1.50 bits per heavy atom. The molecule has 108 valence electrons. The van der Waals surface area contributed by atoms with Gasteiger partial charge in [0.25, 0.3) is 0 Å². The van der Waals surface area contributed by atoms with Gasteiger partial charge in [0, 0.05) is 18.0 Å². The molecule has 0 aromatic heterocycles. The second-order valence-electron chi connectivity index (χ2n) is 4.30. The average Bonchev–Trinajstić information content (AvgIpc) is 2.45. The maximum Gasteiger partial charge on any atom is 0.185 e. The second kappa shape index (κ2) is 8.42. The van der Waals surface area contributed by atoms with Crippen molar-refractivity contribution in [2.75, 3.05) is 5.75 Å². The van der Waals surface area contributed by atoms with Gasteiger partial charge in [-0.2, -0.15) is 5.26 Å². The zero-order chi connectivity index (χ0) is 15.1. The molecule has 0 bridgehead atoms. The van der Waals surface area contributed by atoms with Crippen molar-refractivity contribution in [1.82, 2.24) is 0 Å². The third kappa shape index (κ3) is 4.91. The number of rotatable bonds is 6. The first-order valence-corrected chi connectivity index (χ1v) is 8.18. The highest BCUT2D eigenvalue weighted by atomic mass is 79.9. The molecule has 1 rings (SSSR count). The molecule has 0 fully saturated rings. The van der Waals surface area contributed by atoms with Crippen LogP contribution >= 0.6 is 27.7 Å². The third-order valence-corrected chi connectivity index (χ3v) is 4.27. The Labute approximate surface area is 130 Å². The van der Waals surface area contributed by atoms with Crippen molar-refractivity contribution >= 4 is 32.8 Å². The van der Waals surface area contributed by atoms with Crippen molar-refractivity contribution in [3.63, 3.8) is 0 Å². The summed E-state index contributed by atoms with van der Waals surface area (Å²) < 4.78 is 0. The fraction of sp³-hybridized carbons (Fsp3) is 0.429. The van der Waals surface area contributed by atoms with Gasteiger partial charge in [-0.05, 0) is 29.7 Å². The fourth-order valence-electron chi connectivity index (χ4n) is 1.75. The fourth-order valence-corrected chi connectivity index (χ4v) is 2.91. The zero-order valence-corrected chi connectivity index (χ0v) is 13.4. The molecule has 20 heavy (non-hydrogen) atoms. The molecule has 0 aliphatic carbocycles. The third-order valence-electron chi connectivity index (χ3n) is 2.82. The number of hydrogen-bond acceptors (Lipinski definition) is 5. The monoisotopic (exact) mass is 357 g/mol. The van der Waals surface area contributed by atoms with E-state index in [-0.39, 0.29) is 5.12 Å². The van der Waals surface area contributed by atoms with Crippen LogP contribution < -0.4 is 0 Å². The van der Waals surface area contributed by atoms with Gasteiger partial charge in [-0.25, -0.2) is 0 Å². The molecule has 6 heteroatoms. The van der Waals surface area contributed by atoms with Crippen LogP contribution in [0.2, 0.25) is 0 Å². The molecular formula is C14H16BrNO3S. The van der Waals surface area contributed by atoms with Gasteiger partial charge in [-0.15, -0.1) is 0 Å². The van der Waals surface area contributed by atoms with Gasteiger partial charge in [0.15, 0.2) is 5.12 Å². The van der Waals surface area contributed by atoms with Crippen LogP contribution in [0, 0.1) is 11.3 Å². The minimum atomic E-state index is -1.07. The summed E-state index contributed by atoms with van der Waals surface area (Å²) in [5, 5.41) is 29.6. The number of benzene rings is 1. The summed E-state index contributed by atoms with van der Waals surface area (Å²) in [5.41, 5.74) is 1.81. The van der Waals surface area contributed by atoms with Gasteiger partial charge >= 0.3 is 0 Å². The quantitative estimate of drug-likeness (QED) is 0.764. The number of aliphatic hydroxyl groups excluding tert-OH is 2. The van der Waals surface area contributed by atoms with Crippen molar-refractivity contribution < 1.29 is 15.0 Å². The van der Waals surface area contributed by atoms with Crippen LogP contribution in [0.1, 0.15) is 36.1 Å². The van der Waals surface area contributed by atoms with Crippen LogP contribution in [0.15, 0.2) is 18.2 Å². The minimum absolute atomic E-state index is 0.0145. The first-order chi connectivity index (χ1) is 9.49. The van der Waals surface area contributed by atoms with Crippen molar-refractivity contribution in [2.45, 2.75) is 30.9 Å². The molecule has 0 radical (unpaired) electrons. The Kier molecular flexibility index (Phi) is 7.24. The van der Waals surface area contributed by atoms with Gasteiger partial charge in [-0.1, -0.05) is 33.8 Å². The Hall–Kier alpha value is -0.870. The first kappa shape index (κ1) is 17.2. The molecule has 0 heterocycles. The molecule has 0 aliphatic heterocycles. The van der Waals surface area contributed by atoms with E-state index in [1.165, 1.54) is 6.92 Å². The number of alkyl halides is 1. The van der Waals surface area contributed by atoms with Gasteiger partial charge in [0.2, 0.25) is 0 Å². The molecule has 4 nitrogen and oxygen atoms in total. The Morgan fingerprint density at radius 2 is 2.20 bits per heavy atom. The van der Waals surface area contributed by atoms with Crippen LogP contribution in [0.5, 0.6) is 0 Å². The van der Waals surface area contributed by atoms with Crippen LogP contribution in [0.4, 0.5) is 0 Å². The predicted molar refractivity (Wildman–Crippen MR) is 82.5 cm³/mol. The number of halogens is 1. The lowest BCUT2D eigenvalue weighted by Gasteiger charge is -2.20. The normalized spacial score (nSPS) is 13.6. The first-order valence-electron chi connectivity index (χ1n) is 6.08. The molecule has 0 spiro atoms. The van der Waals surface area contributed by atoms with E-state index in [0.717, 1.165) is 17.3 Å². The van der Waals surface area contributed by atoms with E-state index < -0.39 is 12.2 Å². The summed E-state index contributed by atoms with van der Waals surface area (Å²) >= 11 is 4.44. The highest BCUT2D eigenvalue weighted by Gasteiger charge is 2.21. The Balaban J connectivity index is 2.81. The number of carbonyl (C=O) groups excluding carboxylic acids is 1. The van der Waals surface area contributed by atoms with Crippen molar-refractivity contribution in [1.29, 1.82) is 5.26 Å². The van der Waals surface area contributed by atoms with E-state index in [2.05, 4.69) is 15.9 Å². The van der Waals surface area contributed by atoms with Gasteiger partial charge in [-0.3, -0.25) is 4.79 Å². The van der Waals surface area contributed by atoms with E-state index in [4.69, 9.17) is 5.26 Å². The molecule has 1 aromatic carbocycles. The molecule has 1 aromatic rings. The summed E-state index contributed by atoms with van der Waals surface area (Å²) in [5.74, 6) is 0.454. The summed E-state index contributed by atoms with van der Waals surface area (Å²) in [4.78, 5) is 10.8. The number of aliphatic hydroxyl groups is 2. The SMILES string of the molecule is CC(=O)SCCC(O)C(O)c1cc(C#N)ccc1CBr. The lowest BCUT2D eigenvalue weighted by atomic mass is 9.96. The molecule has 2 N–H and O–H groups in total. The lowest BCUT2D eigenvalue weighted by Crippen LogP contribution is -2.20. The maximum atomic E-state index is 10.8. The van der Waals surface area contributed by atoms with Gasteiger partial charge in [0.1, 0.15) is 6.10 Å². The average molecular weight is 358 g/mol. The summed E-state index contributed by atoms with van der Waals surface area (Å²) in [6.45, 7) is 1.47. The predicted octanol–water partition coefficient (Wildman–Crippen LogP) is 2.52. The minimum Gasteiger partial charge on any atom is -0.390 e. The van der Waals surface area contributed by atoms with E-state index in [1.807, 2.05) is 6.07 Å². The molecule has 0 saturated carbocycles. The van der Waals surface area contributed by atoms with E-state index in [0.29, 0.717) is 28.6 Å². The largest absolute Gasteiger partial charge is 0.390 e. The van der Waals surface area contributed by atoms with E-state index >= 15 is 0 Å². The van der Waals surface area contributed by atoms with Crippen LogP contribution in [0.3, 0.4) is 0 Å². The number of nitriles is 1. The summed E-state index contributed by atoms with van der Waals surface area (Å²) in [6, 6.07) is 7.02. The molecule has 2 unspecified atom stereocenters. The summed E-state index contributed by atoms with van der Waals surface area (Å²) in [7, 11) is 0. The van der Waals surface area contributed by atoms with Crippen molar-refractivity contribution in [2.24, 2.45) is 0 Å². The summed E-state index contributed by atoms with van der Waals surface area (Å²) in [6.07, 6.45) is -1.72. The van der Waals surface area contributed by atoms with E-state index in [9.17, 15) is 15.0 Å². The molecule has 0 aliphatic rings. The molecular weight excluding hydrogens is 342 g/mol. The lowest BCUT2D eigenvalue weighted by molar-refractivity contribution is -0.109. The number of thioether (sulfide) groups is 1. The Morgan fingerprint density at radius 3 is 2.75 bits per heavy atom. The number of nitrogens with zero attached hydrogens (tertiary/aromatic N) is 1. The molecule has 0 amide bonds. The highest BCUT2D eigenvalue weighted by molar-refractivity contribution is 9.08. The van der Waals surface area contributed by atoms with E-state index in [1.54, 1.807) is 18.2 Å². The van der Waals surface area contributed by atoms with Crippen LogP contribution in [-0.4, -0.2) is 27.2 Å². The second-order valence-corrected chi connectivity index (χ2v) is 6.13. The van der Waals surface area contributed by atoms with Gasteiger partial charge in [0.05, 0.1) is 17.7 Å². The smallest absolute Gasteiger partial charge is 0.185 e. The van der Waals surface area contributed by atoms with Crippen LogP contribution in [0.25, 0.3) is 0 Å². The van der Waals surface area contributed by atoms with Crippen molar-refractivity contribution in [3.8, 4) is 6.07 Å².